The Kier molecular flexibility index (Phi) is 4.77. The fourth-order valence-corrected chi connectivity index (χ4v) is 2.07. The van der Waals surface area contributed by atoms with Crippen LogP contribution in [0.15, 0.2) is 18.2 Å². The minimum absolute atomic E-state index is 0.119. The van der Waals surface area contributed by atoms with Gasteiger partial charge in [0.1, 0.15) is 5.82 Å². The van der Waals surface area contributed by atoms with Gasteiger partial charge in [0.15, 0.2) is 0 Å². The average Bonchev–Trinajstić information content (AvgIpc) is 2.65. The highest BCUT2D eigenvalue weighted by molar-refractivity contribution is 5.39. The molecule has 1 aromatic heterocycles. The van der Waals surface area contributed by atoms with Crippen molar-refractivity contribution in [3.8, 4) is 0 Å². The fourth-order valence-electron chi connectivity index (χ4n) is 2.07. The van der Waals surface area contributed by atoms with Crippen LogP contribution in [0.2, 0.25) is 0 Å². The van der Waals surface area contributed by atoms with E-state index in [2.05, 4.69) is 49.2 Å². The lowest BCUT2D eigenvalue weighted by Crippen LogP contribution is -2.35. The maximum absolute atomic E-state index is 5.49. The van der Waals surface area contributed by atoms with Crippen LogP contribution in [0, 0.1) is 0 Å². The fraction of sp³-hybridized carbons (Fsp3) is 0.667. The van der Waals surface area contributed by atoms with E-state index in [-0.39, 0.29) is 5.54 Å². The Morgan fingerprint density at radius 1 is 1.26 bits per heavy atom. The van der Waals surface area contributed by atoms with Crippen molar-refractivity contribution < 1.29 is 4.74 Å². The van der Waals surface area contributed by atoms with Crippen LogP contribution < -0.4 is 10.2 Å². The van der Waals surface area contributed by atoms with Crippen LogP contribution in [0.4, 0.5) is 5.82 Å². The number of aromatic nitrogens is 1. The van der Waals surface area contributed by atoms with E-state index in [1.807, 2.05) is 0 Å². The minimum atomic E-state index is 0.119. The van der Waals surface area contributed by atoms with Crippen molar-refractivity contribution in [1.29, 1.82) is 0 Å². The standard InChI is InChI=1S/C15H25N3O/c1-15(2,3)16-12-13-6-4-7-14(17-13)18-8-5-10-19-11-9-18/h4,6-7,16H,5,8-12H2,1-3H3. The molecule has 106 valence electrons. The molecule has 0 radical (unpaired) electrons. The van der Waals surface area contributed by atoms with Gasteiger partial charge in [-0.2, -0.15) is 0 Å². The normalized spacial score (nSPS) is 17.3. The van der Waals surface area contributed by atoms with Crippen LogP contribution >= 0.6 is 0 Å². The lowest BCUT2D eigenvalue weighted by Gasteiger charge is -2.23. The van der Waals surface area contributed by atoms with Gasteiger partial charge in [-0.25, -0.2) is 4.98 Å². The Hall–Kier alpha value is -1.13. The summed E-state index contributed by atoms with van der Waals surface area (Å²) in [6.07, 6.45) is 1.08. The number of nitrogens with zero attached hydrogens (tertiary/aromatic N) is 2. The molecule has 2 rings (SSSR count). The van der Waals surface area contributed by atoms with E-state index in [1.54, 1.807) is 0 Å². The molecule has 0 aromatic carbocycles. The molecule has 0 atom stereocenters. The molecule has 1 aromatic rings. The lowest BCUT2D eigenvalue weighted by molar-refractivity contribution is 0.152. The van der Waals surface area contributed by atoms with E-state index >= 15 is 0 Å². The maximum atomic E-state index is 5.49. The second kappa shape index (κ2) is 6.35. The number of hydrogen-bond acceptors (Lipinski definition) is 4. The Labute approximate surface area is 116 Å². The molecule has 0 aliphatic carbocycles. The Morgan fingerprint density at radius 3 is 2.89 bits per heavy atom. The van der Waals surface area contributed by atoms with E-state index in [0.29, 0.717) is 0 Å². The number of pyridine rings is 1. The second-order valence-electron chi connectivity index (χ2n) is 6.04. The number of nitrogens with one attached hydrogen (secondary N) is 1. The highest BCUT2D eigenvalue weighted by Gasteiger charge is 2.13. The van der Waals surface area contributed by atoms with E-state index in [4.69, 9.17) is 9.72 Å². The first-order valence-electron chi connectivity index (χ1n) is 7.08. The average molecular weight is 263 g/mol. The summed E-state index contributed by atoms with van der Waals surface area (Å²) in [4.78, 5) is 7.06. The zero-order valence-electron chi connectivity index (χ0n) is 12.3. The van der Waals surface area contributed by atoms with Crippen LogP contribution in [0.25, 0.3) is 0 Å². The van der Waals surface area contributed by atoms with Crippen molar-refractivity contribution in [3.05, 3.63) is 23.9 Å². The van der Waals surface area contributed by atoms with Gasteiger partial charge in [-0.1, -0.05) is 6.07 Å². The molecule has 19 heavy (non-hydrogen) atoms. The molecule has 0 saturated carbocycles. The molecular weight excluding hydrogens is 238 g/mol. The van der Waals surface area contributed by atoms with Crippen molar-refractivity contribution in [1.82, 2.24) is 10.3 Å². The quantitative estimate of drug-likeness (QED) is 0.907. The van der Waals surface area contributed by atoms with Crippen molar-refractivity contribution in [2.75, 3.05) is 31.2 Å². The van der Waals surface area contributed by atoms with E-state index in [0.717, 1.165) is 50.8 Å². The molecule has 0 amide bonds. The van der Waals surface area contributed by atoms with Gasteiger partial charge in [0.25, 0.3) is 0 Å². The van der Waals surface area contributed by atoms with Crippen LogP contribution in [0.1, 0.15) is 32.9 Å². The molecule has 1 fully saturated rings. The van der Waals surface area contributed by atoms with Crippen molar-refractivity contribution in [2.45, 2.75) is 39.3 Å². The largest absolute Gasteiger partial charge is 0.380 e. The molecule has 1 N–H and O–H groups in total. The van der Waals surface area contributed by atoms with E-state index in [1.165, 1.54) is 0 Å². The molecule has 4 nitrogen and oxygen atoms in total. The summed E-state index contributed by atoms with van der Waals surface area (Å²) in [5.74, 6) is 1.07. The zero-order chi connectivity index (χ0) is 13.7. The summed E-state index contributed by atoms with van der Waals surface area (Å²) in [6, 6.07) is 6.26. The topological polar surface area (TPSA) is 37.4 Å². The Morgan fingerprint density at radius 2 is 2.11 bits per heavy atom. The first-order valence-corrected chi connectivity index (χ1v) is 7.08. The zero-order valence-corrected chi connectivity index (χ0v) is 12.3. The van der Waals surface area contributed by atoms with Gasteiger partial charge in [0, 0.05) is 31.8 Å². The second-order valence-corrected chi connectivity index (χ2v) is 6.04. The summed E-state index contributed by atoms with van der Waals surface area (Å²) in [5, 5.41) is 3.47. The lowest BCUT2D eigenvalue weighted by atomic mass is 10.1. The highest BCUT2D eigenvalue weighted by atomic mass is 16.5. The third-order valence-electron chi connectivity index (χ3n) is 3.14. The SMILES string of the molecule is CC(C)(C)NCc1cccc(N2CCCOCC2)n1. The maximum Gasteiger partial charge on any atom is 0.128 e. The first kappa shape index (κ1) is 14.3. The summed E-state index contributed by atoms with van der Waals surface area (Å²) in [7, 11) is 0. The minimum Gasteiger partial charge on any atom is -0.380 e. The number of ether oxygens (including phenoxy) is 1. The number of rotatable bonds is 3. The Balaban J connectivity index is 2.01. The third-order valence-corrected chi connectivity index (χ3v) is 3.14. The number of anilines is 1. The predicted octanol–water partition coefficient (Wildman–Crippen LogP) is 2.20. The molecule has 0 unspecified atom stereocenters. The molecular formula is C15H25N3O. The van der Waals surface area contributed by atoms with Gasteiger partial charge in [0.2, 0.25) is 0 Å². The third kappa shape index (κ3) is 4.80. The van der Waals surface area contributed by atoms with Gasteiger partial charge in [-0.3, -0.25) is 0 Å². The molecule has 0 spiro atoms. The number of hydrogen-bond donors (Lipinski definition) is 1. The smallest absolute Gasteiger partial charge is 0.128 e. The van der Waals surface area contributed by atoms with Gasteiger partial charge in [-0.05, 0) is 39.3 Å². The van der Waals surface area contributed by atoms with Crippen molar-refractivity contribution >= 4 is 5.82 Å². The van der Waals surface area contributed by atoms with Crippen molar-refractivity contribution in [2.24, 2.45) is 0 Å². The van der Waals surface area contributed by atoms with Crippen LogP contribution in [-0.4, -0.2) is 36.8 Å². The van der Waals surface area contributed by atoms with E-state index in [9.17, 15) is 0 Å². The van der Waals surface area contributed by atoms with Gasteiger partial charge < -0.3 is 15.0 Å². The highest BCUT2D eigenvalue weighted by Crippen LogP contribution is 2.14. The Bertz CT molecular complexity index is 393. The monoisotopic (exact) mass is 263 g/mol. The van der Waals surface area contributed by atoms with E-state index < -0.39 is 0 Å². The molecule has 1 aliphatic heterocycles. The van der Waals surface area contributed by atoms with Gasteiger partial charge in [0.05, 0.1) is 12.3 Å². The molecule has 0 bridgehead atoms. The van der Waals surface area contributed by atoms with Crippen LogP contribution in [-0.2, 0) is 11.3 Å². The molecule has 4 heteroatoms. The van der Waals surface area contributed by atoms with Crippen LogP contribution in [0.3, 0.4) is 0 Å². The summed E-state index contributed by atoms with van der Waals surface area (Å²) >= 11 is 0. The molecule has 1 aliphatic rings. The first-order chi connectivity index (χ1) is 9.04. The summed E-state index contributed by atoms with van der Waals surface area (Å²) in [6.45, 7) is 10.9. The van der Waals surface area contributed by atoms with Gasteiger partial charge >= 0.3 is 0 Å². The summed E-state index contributed by atoms with van der Waals surface area (Å²) in [5.41, 5.74) is 1.21. The van der Waals surface area contributed by atoms with Crippen molar-refractivity contribution in [3.63, 3.8) is 0 Å². The molecule has 1 saturated heterocycles. The van der Waals surface area contributed by atoms with Crippen LogP contribution in [0.5, 0.6) is 0 Å². The van der Waals surface area contributed by atoms with Gasteiger partial charge in [-0.15, -0.1) is 0 Å². The predicted molar refractivity (Wildman–Crippen MR) is 78.5 cm³/mol. The molecule has 2 heterocycles. The summed E-state index contributed by atoms with van der Waals surface area (Å²) < 4.78 is 5.49.